The molecule has 0 aromatic rings. The molecule has 0 aromatic carbocycles. The van der Waals surface area contributed by atoms with Crippen LogP contribution in [0, 0.1) is 5.92 Å². The molecule has 0 unspecified atom stereocenters. The van der Waals surface area contributed by atoms with Crippen LogP contribution in [0.15, 0.2) is 16.6 Å². The Morgan fingerprint density at radius 2 is 2.12 bits per heavy atom. The molecule has 1 rings (SSSR count). The normalized spacial score (nSPS) is 21.1. The second kappa shape index (κ2) is 9.66. The summed E-state index contributed by atoms with van der Waals surface area (Å²) in [6.07, 6.45) is -0.562. The summed E-state index contributed by atoms with van der Waals surface area (Å²) >= 11 is 0. The Kier molecular flexibility index (Phi) is 7.91. The Labute approximate surface area is 151 Å². The van der Waals surface area contributed by atoms with Crippen LogP contribution in [0.2, 0.25) is 0 Å². The third kappa shape index (κ3) is 5.95. The van der Waals surface area contributed by atoms with Crippen molar-refractivity contribution in [3.05, 3.63) is 11.6 Å². The number of hydrogen-bond acceptors (Lipinski definition) is 6. The van der Waals surface area contributed by atoms with Crippen LogP contribution in [0.3, 0.4) is 0 Å². The van der Waals surface area contributed by atoms with Crippen LogP contribution in [-0.4, -0.2) is 66.9 Å². The molecule has 0 spiro atoms. The first-order valence-electron chi connectivity index (χ1n) is 7.77. The summed E-state index contributed by atoms with van der Waals surface area (Å²) in [5.41, 5.74) is 10.9. The van der Waals surface area contributed by atoms with Crippen molar-refractivity contribution in [1.29, 1.82) is 0 Å². The number of ether oxygens (including phenoxy) is 1. The largest absolute Gasteiger partial charge is 0.478 e. The quantitative estimate of drug-likeness (QED) is 0.157. The Balaban J connectivity index is 3.27. The van der Waals surface area contributed by atoms with Gasteiger partial charge in [-0.25, -0.2) is 14.6 Å². The van der Waals surface area contributed by atoms with E-state index in [9.17, 15) is 24.6 Å². The average molecular weight is 367 g/mol. The molecule has 12 heteroatoms. The lowest BCUT2D eigenvalue weighted by atomic mass is 9.89. The lowest BCUT2D eigenvalue weighted by Gasteiger charge is -2.33. The van der Waals surface area contributed by atoms with Crippen molar-refractivity contribution in [2.24, 2.45) is 22.4 Å². The molecule has 8 N–H and O–H groups in total. The summed E-state index contributed by atoms with van der Waals surface area (Å²) in [4.78, 5) is 38.5. The number of carboxylic acid groups (broad SMARTS) is 1. The summed E-state index contributed by atoms with van der Waals surface area (Å²) in [6.45, 7) is 0.895. The monoisotopic (exact) mass is 367 g/mol. The molecule has 1 aliphatic rings. The van der Waals surface area contributed by atoms with Crippen molar-refractivity contribution < 1.29 is 29.3 Å². The third-order valence-electron chi connectivity index (χ3n) is 3.83. The molecular formula is C14H22BN5O6. The molecule has 26 heavy (non-hydrogen) atoms. The zero-order chi connectivity index (χ0) is 19.9. The van der Waals surface area contributed by atoms with Crippen LogP contribution in [0.1, 0.15) is 19.8 Å². The van der Waals surface area contributed by atoms with Gasteiger partial charge in [-0.1, -0.05) is 6.08 Å². The molecular weight excluding hydrogens is 345 g/mol. The number of nitrogens with zero attached hydrogens (tertiary/aromatic N) is 1. The van der Waals surface area contributed by atoms with Crippen molar-refractivity contribution in [2.75, 3.05) is 6.61 Å². The van der Waals surface area contributed by atoms with Gasteiger partial charge in [0.15, 0.2) is 5.96 Å². The lowest BCUT2D eigenvalue weighted by molar-refractivity contribution is -0.132. The number of aliphatic hydroxyl groups excluding tert-OH is 1. The maximum absolute atomic E-state index is 11.6. The number of hydrogen-bond donors (Lipinski definition) is 6. The van der Waals surface area contributed by atoms with Crippen molar-refractivity contribution in [1.82, 2.24) is 10.5 Å². The molecule has 11 nitrogen and oxygen atoms in total. The standard InChI is InChI=1S/C14H22BN5O6/c1-6(22)18-11(10(2-3-21)26-14(25)20-15)8-4-7(12(23)24)5-9(8)19-13(16)17/h4,8-11,21H,2-3,5H2,1H3,(H,18,22)(H,20,25)(H,23,24)(H4,16,17,19)/t8-,9-,10+,11+/m1/s1. The van der Waals surface area contributed by atoms with E-state index in [0.29, 0.717) is 0 Å². The number of rotatable bonds is 8. The van der Waals surface area contributed by atoms with Gasteiger partial charge in [0, 0.05) is 37.9 Å². The number of aliphatic imine (C=N–C) groups is 1. The van der Waals surface area contributed by atoms with E-state index in [-0.39, 0.29) is 31.0 Å². The second-order valence-corrected chi connectivity index (χ2v) is 5.73. The molecule has 142 valence electrons. The smallest absolute Gasteiger partial charge is 0.394 e. The Bertz CT molecular complexity index is 607. The minimum absolute atomic E-state index is 0.0281. The van der Waals surface area contributed by atoms with Gasteiger partial charge in [0.1, 0.15) is 6.10 Å². The maximum Gasteiger partial charge on any atom is 0.394 e. The minimum atomic E-state index is -1.15. The summed E-state index contributed by atoms with van der Waals surface area (Å²) in [5.74, 6) is -2.53. The second-order valence-electron chi connectivity index (χ2n) is 5.73. The van der Waals surface area contributed by atoms with Crippen LogP contribution in [-0.2, 0) is 14.3 Å². The summed E-state index contributed by atoms with van der Waals surface area (Å²) in [6, 6.07) is -1.57. The molecule has 0 saturated carbocycles. The number of aliphatic carboxylic acids is 1. The first-order valence-corrected chi connectivity index (χ1v) is 7.77. The minimum Gasteiger partial charge on any atom is -0.478 e. The number of carbonyl (C=O) groups is 3. The van der Waals surface area contributed by atoms with E-state index in [1.807, 2.05) is 0 Å². The van der Waals surface area contributed by atoms with Crippen LogP contribution < -0.4 is 22.0 Å². The molecule has 0 heterocycles. The highest BCUT2D eigenvalue weighted by Crippen LogP contribution is 2.32. The highest BCUT2D eigenvalue weighted by atomic mass is 16.6. The highest BCUT2D eigenvalue weighted by molar-refractivity contribution is 6.12. The Hall–Kier alpha value is -2.76. The fraction of sp³-hybridized carbons (Fsp3) is 0.571. The molecule has 1 aliphatic carbocycles. The number of nitrogens with one attached hydrogen (secondary N) is 2. The Morgan fingerprint density at radius 3 is 2.58 bits per heavy atom. The zero-order valence-corrected chi connectivity index (χ0v) is 14.2. The van der Waals surface area contributed by atoms with E-state index < -0.39 is 42.1 Å². The van der Waals surface area contributed by atoms with E-state index in [4.69, 9.17) is 24.2 Å². The number of guanidine groups is 1. The first kappa shape index (κ1) is 21.3. The lowest BCUT2D eigenvalue weighted by Crippen LogP contribution is -2.52. The summed E-state index contributed by atoms with van der Waals surface area (Å²) in [5, 5.41) is 22.9. The van der Waals surface area contributed by atoms with Crippen molar-refractivity contribution in [2.45, 2.75) is 38.0 Å². The highest BCUT2D eigenvalue weighted by Gasteiger charge is 2.41. The number of amides is 2. The van der Waals surface area contributed by atoms with E-state index in [1.165, 1.54) is 13.0 Å². The molecule has 2 radical (unpaired) electrons. The van der Waals surface area contributed by atoms with Gasteiger partial charge in [-0.3, -0.25) is 4.79 Å². The van der Waals surface area contributed by atoms with Gasteiger partial charge in [0.25, 0.3) is 0 Å². The van der Waals surface area contributed by atoms with Crippen molar-refractivity contribution >= 4 is 31.9 Å². The van der Waals surface area contributed by atoms with Crippen molar-refractivity contribution in [3.8, 4) is 0 Å². The van der Waals surface area contributed by atoms with Gasteiger partial charge in [-0.05, 0) is 0 Å². The van der Waals surface area contributed by atoms with E-state index >= 15 is 0 Å². The molecule has 0 aromatic heterocycles. The van der Waals surface area contributed by atoms with Crippen LogP contribution in [0.5, 0.6) is 0 Å². The van der Waals surface area contributed by atoms with E-state index in [1.54, 1.807) is 5.23 Å². The van der Waals surface area contributed by atoms with Gasteiger partial charge in [-0.15, -0.1) is 0 Å². The molecule has 4 atom stereocenters. The molecule has 0 fully saturated rings. The molecule has 0 bridgehead atoms. The topological polar surface area (TPSA) is 189 Å². The number of carbonyl (C=O) groups excluding carboxylic acids is 2. The predicted molar refractivity (Wildman–Crippen MR) is 91.9 cm³/mol. The molecule has 0 saturated heterocycles. The SMILES string of the molecule is [B]NC(=O)O[C@@H](CCO)[C@@H](NC(C)=O)[C@@H]1C=C(C(=O)O)C[C@H]1N=C(N)N. The van der Waals surface area contributed by atoms with Gasteiger partial charge < -0.3 is 37.0 Å². The van der Waals surface area contributed by atoms with Crippen LogP contribution in [0.25, 0.3) is 0 Å². The number of aliphatic hydroxyl groups is 1. The van der Waals surface area contributed by atoms with Gasteiger partial charge in [-0.2, -0.15) is 0 Å². The fourth-order valence-electron chi connectivity index (χ4n) is 2.88. The maximum atomic E-state index is 11.6. The summed E-state index contributed by atoms with van der Waals surface area (Å²) in [7, 11) is 5.01. The number of carboxylic acids is 1. The molecule has 2 amide bonds. The van der Waals surface area contributed by atoms with Crippen LogP contribution in [0.4, 0.5) is 4.79 Å². The first-order chi connectivity index (χ1) is 12.2. The zero-order valence-electron chi connectivity index (χ0n) is 14.2. The van der Waals surface area contributed by atoms with E-state index in [2.05, 4.69) is 10.3 Å². The van der Waals surface area contributed by atoms with Crippen LogP contribution >= 0.6 is 0 Å². The third-order valence-corrected chi connectivity index (χ3v) is 3.83. The van der Waals surface area contributed by atoms with Gasteiger partial charge >= 0.3 is 12.1 Å². The molecule has 0 aliphatic heterocycles. The predicted octanol–water partition coefficient (Wildman–Crippen LogP) is -2.28. The van der Waals surface area contributed by atoms with Gasteiger partial charge in [0.05, 0.1) is 12.1 Å². The van der Waals surface area contributed by atoms with E-state index in [0.717, 1.165) is 0 Å². The summed E-state index contributed by atoms with van der Waals surface area (Å²) < 4.78 is 5.13. The fourth-order valence-corrected chi connectivity index (χ4v) is 2.88. The number of nitrogens with two attached hydrogens (primary N) is 2. The van der Waals surface area contributed by atoms with Crippen molar-refractivity contribution in [3.63, 3.8) is 0 Å². The average Bonchev–Trinajstić information content (AvgIpc) is 2.95. The Morgan fingerprint density at radius 1 is 1.46 bits per heavy atom. The van der Waals surface area contributed by atoms with Gasteiger partial charge in [0.2, 0.25) is 13.9 Å².